The quantitative estimate of drug-likeness (QED) is 0.302. The van der Waals surface area contributed by atoms with Gasteiger partial charge in [0.1, 0.15) is 29.6 Å². The van der Waals surface area contributed by atoms with Crippen LogP contribution in [0.2, 0.25) is 0 Å². The molecule has 2 aromatic rings. The molecule has 1 aliphatic rings. The summed E-state index contributed by atoms with van der Waals surface area (Å²) in [5, 5.41) is 5.71. The summed E-state index contributed by atoms with van der Waals surface area (Å²) in [4.78, 5) is 41.4. The van der Waals surface area contributed by atoms with Gasteiger partial charge in [-0.3, -0.25) is 19.6 Å². The molecule has 1 N–H and O–H groups in total. The topological polar surface area (TPSA) is 114 Å². The summed E-state index contributed by atoms with van der Waals surface area (Å²) in [6.07, 6.45) is -4.35. The van der Waals surface area contributed by atoms with Gasteiger partial charge in [-0.25, -0.2) is 4.79 Å². The summed E-state index contributed by atoms with van der Waals surface area (Å²) in [5.41, 5.74) is -1.21. The van der Waals surface area contributed by atoms with Gasteiger partial charge in [-0.05, 0) is 84.1 Å². The number of esters is 1. The van der Waals surface area contributed by atoms with Crippen LogP contribution in [0, 0.1) is 5.92 Å². The molecule has 1 aromatic carbocycles. The maximum atomic E-state index is 13.6. The predicted octanol–water partition coefficient (Wildman–Crippen LogP) is 6.45. The van der Waals surface area contributed by atoms with Gasteiger partial charge in [0.15, 0.2) is 5.69 Å². The molecule has 0 aliphatic carbocycles. The van der Waals surface area contributed by atoms with Gasteiger partial charge in [0.2, 0.25) is 5.91 Å². The number of aromatic amines is 1. The second-order valence-corrected chi connectivity index (χ2v) is 13.2. The number of halogens is 3. The van der Waals surface area contributed by atoms with Gasteiger partial charge in [0.05, 0.1) is 6.42 Å². The molecular formula is C31H43F3N4O6. The number of nitrogens with one attached hydrogen (secondary N) is 1. The van der Waals surface area contributed by atoms with Crippen molar-refractivity contribution in [3.8, 4) is 5.75 Å². The fourth-order valence-corrected chi connectivity index (χ4v) is 4.74. The Morgan fingerprint density at radius 1 is 1.05 bits per heavy atom. The first-order valence-corrected chi connectivity index (χ1v) is 14.6. The summed E-state index contributed by atoms with van der Waals surface area (Å²) >= 11 is 0. The molecule has 0 radical (unpaired) electrons. The highest BCUT2D eigenvalue weighted by molar-refractivity contribution is 5.98. The number of hydrogen-bond acceptors (Lipinski definition) is 7. The zero-order chi connectivity index (χ0) is 33.0. The number of benzene rings is 1. The van der Waals surface area contributed by atoms with Crippen molar-refractivity contribution in [2.24, 2.45) is 5.92 Å². The molecule has 1 aromatic heterocycles. The Balaban J connectivity index is 1.77. The van der Waals surface area contributed by atoms with Gasteiger partial charge in [0.25, 0.3) is 0 Å². The molecule has 44 heavy (non-hydrogen) atoms. The predicted molar refractivity (Wildman–Crippen MR) is 157 cm³/mol. The van der Waals surface area contributed by atoms with Gasteiger partial charge >= 0.3 is 18.2 Å². The van der Waals surface area contributed by atoms with Crippen LogP contribution in [0.25, 0.3) is 0 Å². The van der Waals surface area contributed by atoms with Crippen molar-refractivity contribution in [1.29, 1.82) is 0 Å². The standard InChI is InChI=1S/C31H43F3N4O6/c1-19(2)15-24(22-17-35-36-27(22)31(32,33)34)42-21-9-10-23-20(16-21)11-14-38(23)25(39)18-37(28(41)44-30(6,7)8)13-12-26(40)43-29(3,4)5/h9-10,16-17,19,24H,11-15,18H2,1-8H3,(H,35,36). The monoisotopic (exact) mass is 624 g/mol. The minimum absolute atomic E-state index is 0.0433. The first-order chi connectivity index (χ1) is 20.2. The molecule has 2 heterocycles. The highest BCUT2D eigenvalue weighted by Crippen LogP contribution is 2.38. The van der Waals surface area contributed by atoms with E-state index in [4.69, 9.17) is 14.2 Å². The fraction of sp³-hybridized carbons (Fsp3) is 0.613. The molecular weight excluding hydrogens is 581 g/mol. The van der Waals surface area contributed by atoms with Crippen LogP contribution in [0.15, 0.2) is 24.4 Å². The minimum atomic E-state index is -4.63. The molecule has 0 bridgehead atoms. The summed E-state index contributed by atoms with van der Waals surface area (Å²) < 4.78 is 57.6. The van der Waals surface area contributed by atoms with E-state index >= 15 is 0 Å². The summed E-state index contributed by atoms with van der Waals surface area (Å²) in [5.74, 6) is -0.475. The van der Waals surface area contributed by atoms with Crippen molar-refractivity contribution in [2.75, 3.05) is 24.5 Å². The Morgan fingerprint density at radius 2 is 1.70 bits per heavy atom. The number of aromatic nitrogens is 2. The first kappa shape index (κ1) is 34.7. The van der Waals surface area contributed by atoms with E-state index in [1.165, 1.54) is 16.0 Å². The molecule has 1 unspecified atom stereocenters. The Hall–Kier alpha value is -3.77. The zero-order valence-electron chi connectivity index (χ0n) is 26.6. The highest BCUT2D eigenvalue weighted by atomic mass is 19.4. The van der Waals surface area contributed by atoms with E-state index in [9.17, 15) is 27.6 Å². The molecule has 13 heteroatoms. The summed E-state index contributed by atoms with van der Waals surface area (Å²) in [6.45, 7) is 14.1. The van der Waals surface area contributed by atoms with Crippen LogP contribution < -0.4 is 9.64 Å². The third-order valence-electron chi connectivity index (χ3n) is 6.48. The molecule has 244 valence electrons. The lowest BCUT2D eigenvalue weighted by Gasteiger charge is -2.29. The Kier molecular flexibility index (Phi) is 10.6. The number of nitrogens with zero attached hydrogens (tertiary/aromatic N) is 3. The number of fused-ring (bicyclic) bond motifs is 1. The Bertz CT molecular complexity index is 1330. The number of amides is 2. The number of hydrogen-bond donors (Lipinski definition) is 1. The van der Waals surface area contributed by atoms with Crippen LogP contribution in [0.5, 0.6) is 5.75 Å². The normalized spacial score (nSPS) is 14.3. The summed E-state index contributed by atoms with van der Waals surface area (Å²) in [7, 11) is 0. The Labute approximate surface area is 256 Å². The van der Waals surface area contributed by atoms with E-state index in [0.29, 0.717) is 30.8 Å². The molecule has 10 nitrogen and oxygen atoms in total. The smallest absolute Gasteiger partial charge is 0.435 e. The second-order valence-electron chi connectivity index (χ2n) is 13.2. The number of H-pyrrole nitrogens is 1. The molecule has 0 spiro atoms. The van der Waals surface area contributed by atoms with E-state index in [0.717, 1.165) is 5.56 Å². The van der Waals surface area contributed by atoms with Crippen LogP contribution >= 0.6 is 0 Å². The van der Waals surface area contributed by atoms with Gasteiger partial charge in [-0.2, -0.15) is 18.3 Å². The molecule has 0 saturated heterocycles. The van der Waals surface area contributed by atoms with Crippen molar-refractivity contribution in [1.82, 2.24) is 15.1 Å². The molecule has 0 saturated carbocycles. The van der Waals surface area contributed by atoms with Crippen LogP contribution in [0.3, 0.4) is 0 Å². The van der Waals surface area contributed by atoms with Crippen molar-refractivity contribution >= 4 is 23.7 Å². The van der Waals surface area contributed by atoms with Crippen LogP contribution in [-0.4, -0.2) is 63.9 Å². The SMILES string of the molecule is CC(C)CC(Oc1ccc2c(c1)CCN2C(=O)CN(CCC(=O)OC(C)(C)C)C(=O)OC(C)(C)C)c1c[nH]nc1C(F)(F)F. The van der Waals surface area contributed by atoms with Gasteiger partial charge in [-0.1, -0.05) is 13.8 Å². The molecule has 1 atom stereocenters. The molecule has 2 amide bonds. The van der Waals surface area contributed by atoms with Crippen LogP contribution in [0.1, 0.15) is 91.2 Å². The third kappa shape index (κ3) is 9.88. The van der Waals surface area contributed by atoms with Crippen molar-refractivity contribution in [2.45, 2.75) is 98.1 Å². The first-order valence-electron chi connectivity index (χ1n) is 14.6. The number of ether oxygens (including phenoxy) is 3. The van der Waals surface area contributed by atoms with Crippen LogP contribution in [0.4, 0.5) is 23.7 Å². The number of carbonyl (C=O) groups excluding carboxylic acids is 3. The van der Waals surface area contributed by atoms with Crippen molar-refractivity contribution < 1.29 is 41.8 Å². The van der Waals surface area contributed by atoms with Gasteiger partial charge in [-0.15, -0.1) is 0 Å². The number of alkyl halides is 3. The fourth-order valence-electron chi connectivity index (χ4n) is 4.74. The number of rotatable bonds is 10. The average molecular weight is 625 g/mol. The molecule has 0 fully saturated rings. The minimum Gasteiger partial charge on any atom is -0.486 e. The molecule has 1 aliphatic heterocycles. The van der Waals surface area contributed by atoms with Crippen LogP contribution in [-0.2, 0) is 31.7 Å². The zero-order valence-corrected chi connectivity index (χ0v) is 26.6. The Morgan fingerprint density at radius 3 is 2.30 bits per heavy atom. The van der Waals surface area contributed by atoms with Gasteiger partial charge in [0, 0.05) is 30.5 Å². The summed E-state index contributed by atoms with van der Waals surface area (Å²) in [6, 6.07) is 5.01. The largest absolute Gasteiger partial charge is 0.486 e. The molecule has 3 rings (SSSR count). The van der Waals surface area contributed by atoms with Crippen molar-refractivity contribution in [3.05, 3.63) is 41.2 Å². The van der Waals surface area contributed by atoms with E-state index in [1.807, 2.05) is 13.8 Å². The van der Waals surface area contributed by atoms with E-state index < -0.39 is 41.2 Å². The van der Waals surface area contributed by atoms with E-state index in [-0.39, 0.29) is 36.9 Å². The third-order valence-corrected chi connectivity index (χ3v) is 6.48. The second kappa shape index (κ2) is 13.5. The lowest BCUT2D eigenvalue weighted by atomic mass is 9.99. The van der Waals surface area contributed by atoms with Gasteiger partial charge < -0.3 is 19.1 Å². The number of carbonyl (C=O) groups is 3. The maximum absolute atomic E-state index is 13.6. The maximum Gasteiger partial charge on any atom is 0.435 e. The lowest BCUT2D eigenvalue weighted by molar-refractivity contribution is -0.155. The average Bonchev–Trinajstić information content (AvgIpc) is 3.51. The number of anilines is 1. The van der Waals surface area contributed by atoms with E-state index in [2.05, 4.69) is 10.2 Å². The van der Waals surface area contributed by atoms with Crippen molar-refractivity contribution in [3.63, 3.8) is 0 Å². The lowest BCUT2D eigenvalue weighted by Crippen LogP contribution is -2.45. The highest BCUT2D eigenvalue weighted by Gasteiger charge is 2.39. The van der Waals surface area contributed by atoms with E-state index in [1.54, 1.807) is 59.7 Å².